The third-order valence-corrected chi connectivity index (χ3v) is 6.99. The zero-order valence-electron chi connectivity index (χ0n) is 23.7. The van der Waals surface area contributed by atoms with Crippen LogP contribution in [0.25, 0.3) is 0 Å². The van der Waals surface area contributed by atoms with E-state index < -0.39 is 17.6 Å². The van der Waals surface area contributed by atoms with Crippen molar-refractivity contribution in [1.29, 1.82) is 0 Å². The summed E-state index contributed by atoms with van der Waals surface area (Å²) in [6, 6.07) is 9.41. The minimum Gasteiger partial charge on any atom is -0.494 e. The molecule has 0 aliphatic heterocycles. The number of rotatable bonds is 21. The average Bonchev–Trinajstić information content (AvgIpc) is 2.93. The highest BCUT2D eigenvalue weighted by Gasteiger charge is 2.18. The van der Waals surface area contributed by atoms with Gasteiger partial charge < -0.3 is 9.47 Å². The van der Waals surface area contributed by atoms with Gasteiger partial charge in [0.05, 0.1) is 12.2 Å². The molecule has 3 nitrogen and oxygen atoms in total. The first-order valence-electron chi connectivity index (χ1n) is 15.0. The van der Waals surface area contributed by atoms with E-state index in [0.717, 1.165) is 32.1 Å². The van der Waals surface area contributed by atoms with Gasteiger partial charge in [-0.15, -0.1) is 0 Å². The largest absolute Gasteiger partial charge is 0.494 e. The number of benzene rings is 2. The highest BCUT2D eigenvalue weighted by Crippen LogP contribution is 2.25. The molecular weight excluding hydrogens is 482 g/mol. The molecule has 38 heavy (non-hydrogen) atoms. The molecule has 0 unspecified atom stereocenters. The van der Waals surface area contributed by atoms with E-state index in [1.165, 1.54) is 82.8 Å². The van der Waals surface area contributed by atoms with Crippen LogP contribution in [0.1, 0.15) is 133 Å². The Bertz CT molecular complexity index is 911. The van der Waals surface area contributed by atoms with E-state index in [1.54, 1.807) is 24.3 Å². The van der Waals surface area contributed by atoms with Crippen molar-refractivity contribution in [3.05, 3.63) is 59.2 Å². The van der Waals surface area contributed by atoms with Crippen LogP contribution < -0.4 is 9.47 Å². The Balaban J connectivity index is 1.71. The van der Waals surface area contributed by atoms with E-state index in [1.807, 2.05) is 0 Å². The minimum atomic E-state index is -1.11. The molecule has 2 aromatic carbocycles. The predicted octanol–water partition coefficient (Wildman–Crippen LogP) is 10.4. The minimum absolute atomic E-state index is 0.256. The second-order valence-corrected chi connectivity index (χ2v) is 10.3. The summed E-state index contributed by atoms with van der Waals surface area (Å²) in [5, 5.41) is 0. The second kappa shape index (κ2) is 19.6. The Morgan fingerprint density at radius 1 is 0.632 bits per heavy atom. The normalized spacial score (nSPS) is 11.1. The van der Waals surface area contributed by atoms with Gasteiger partial charge in [-0.25, -0.2) is 9.18 Å². The summed E-state index contributed by atoms with van der Waals surface area (Å²) in [4.78, 5) is 12.5. The van der Waals surface area contributed by atoms with E-state index in [9.17, 15) is 13.6 Å². The van der Waals surface area contributed by atoms with Crippen LogP contribution in [0.3, 0.4) is 0 Å². The number of carbonyl (C=O) groups is 1. The van der Waals surface area contributed by atoms with Crippen molar-refractivity contribution in [1.82, 2.24) is 0 Å². The van der Waals surface area contributed by atoms with Crippen molar-refractivity contribution in [2.45, 2.75) is 123 Å². The van der Waals surface area contributed by atoms with Gasteiger partial charge >= 0.3 is 5.97 Å². The lowest BCUT2D eigenvalue weighted by Crippen LogP contribution is -2.11. The van der Waals surface area contributed by atoms with Crippen LogP contribution in [0.4, 0.5) is 8.78 Å². The van der Waals surface area contributed by atoms with Crippen LogP contribution in [0.5, 0.6) is 11.5 Å². The standard InChI is InChI=1S/C33H48F2O3/c1-3-5-7-9-11-12-13-14-15-17-19-27-22-25-30(32(35)31(27)34)38-33(36)28-20-23-29(24-21-28)37-26-18-16-10-8-6-4-2/h20-25H,3-19,26H2,1-2H3. The van der Waals surface area contributed by atoms with E-state index in [2.05, 4.69) is 13.8 Å². The van der Waals surface area contributed by atoms with Gasteiger partial charge in [-0.05, 0) is 55.2 Å². The molecule has 0 radical (unpaired) electrons. The fourth-order valence-electron chi connectivity index (χ4n) is 4.56. The van der Waals surface area contributed by atoms with Crippen molar-refractivity contribution >= 4 is 5.97 Å². The zero-order chi connectivity index (χ0) is 27.4. The van der Waals surface area contributed by atoms with Gasteiger partial charge in [0.25, 0.3) is 0 Å². The molecule has 0 amide bonds. The summed E-state index contributed by atoms with van der Waals surface area (Å²) < 4.78 is 40.1. The summed E-state index contributed by atoms with van der Waals surface area (Å²) in [5.74, 6) is -2.48. The molecule has 2 rings (SSSR count). The summed E-state index contributed by atoms with van der Waals surface area (Å²) in [7, 11) is 0. The molecule has 0 saturated carbocycles. The smallest absolute Gasteiger partial charge is 0.343 e. The molecule has 0 atom stereocenters. The highest BCUT2D eigenvalue weighted by molar-refractivity contribution is 5.91. The molecule has 212 valence electrons. The molecule has 0 spiro atoms. The van der Waals surface area contributed by atoms with Crippen LogP contribution in [0.15, 0.2) is 36.4 Å². The van der Waals surface area contributed by atoms with Crippen molar-refractivity contribution < 1.29 is 23.0 Å². The first kappa shape index (κ1) is 31.8. The Morgan fingerprint density at radius 2 is 1.16 bits per heavy atom. The molecule has 0 aliphatic carbocycles. The Labute approximate surface area is 229 Å². The van der Waals surface area contributed by atoms with Crippen LogP contribution in [-0.2, 0) is 6.42 Å². The first-order chi connectivity index (χ1) is 18.6. The molecule has 0 heterocycles. The van der Waals surface area contributed by atoms with Crippen LogP contribution in [0, 0.1) is 11.6 Å². The highest BCUT2D eigenvalue weighted by atomic mass is 19.2. The number of halogens is 2. The number of unbranched alkanes of at least 4 members (excludes halogenated alkanes) is 14. The third-order valence-electron chi connectivity index (χ3n) is 6.99. The fraction of sp³-hybridized carbons (Fsp3) is 0.606. The van der Waals surface area contributed by atoms with Crippen molar-refractivity contribution in [3.8, 4) is 11.5 Å². The maximum Gasteiger partial charge on any atom is 0.343 e. The molecule has 0 bridgehead atoms. The Hall–Kier alpha value is -2.43. The lowest BCUT2D eigenvalue weighted by Gasteiger charge is -2.10. The van der Waals surface area contributed by atoms with Crippen LogP contribution in [0.2, 0.25) is 0 Å². The first-order valence-corrected chi connectivity index (χ1v) is 15.0. The van der Waals surface area contributed by atoms with Gasteiger partial charge in [0.1, 0.15) is 5.75 Å². The molecule has 2 aromatic rings. The average molecular weight is 531 g/mol. The van der Waals surface area contributed by atoms with Crippen LogP contribution >= 0.6 is 0 Å². The van der Waals surface area contributed by atoms with Gasteiger partial charge in [-0.2, -0.15) is 4.39 Å². The summed E-state index contributed by atoms with van der Waals surface area (Å²) in [6.45, 7) is 5.06. The zero-order valence-corrected chi connectivity index (χ0v) is 23.7. The maximum absolute atomic E-state index is 14.6. The van der Waals surface area contributed by atoms with Crippen LogP contribution in [-0.4, -0.2) is 12.6 Å². The summed E-state index contributed by atoms with van der Waals surface area (Å²) in [6.07, 6.45) is 19.5. The van der Waals surface area contributed by atoms with Gasteiger partial charge in [0.15, 0.2) is 11.6 Å². The van der Waals surface area contributed by atoms with E-state index in [0.29, 0.717) is 24.3 Å². The van der Waals surface area contributed by atoms with Gasteiger partial charge in [-0.3, -0.25) is 0 Å². The SMILES string of the molecule is CCCCCCCCCCCCc1ccc(OC(=O)c2ccc(OCCCCCCCC)cc2)c(F)c1F. The lowest BCUT2D eigenvalue weighted by atomic mass is 10.0. The number of ether oxygens (including phenoxy) is 2. The van der Waals surface area contributed by atoms with Crippen molar-refractivity contribution in [2.24, 2.45) is 0 Å². The van der Waals surface area contributed by atoms with E-state index in [4.69, 9.17) is 9.47 Å². The van der Waals surface area contributed by atoms with E-state index >= 15 is 0 Å². The van der Waals surface area contributed by atoms with Crippen molar-refractivity contribution in [3.63, 3.8) is 0 Å². The molecule has 0 aromatic heterocycles. The van der Waals surface area contributed by atoms with Crippen molar-refractivity contribution in [2.75, 3.05) is 6.61 Å². The topological polar surface area (TPSA) is 35.5 Å². The number of carbonyl (C=O) groups excluding carboxylic acids is 1. The molecule has 0 saturated heterocycles. The fourth-order valence-corrected chi connectivity index (χ4v) is 4.56. The maximum atomic E-state index is 14.6. The molecule has 0 fully saturated rings. The number of hydrogen-bond acceptors (Lipinski definition) is 3. The summed E-state index contributed by atoms with van der Waals surface area (Å²) in [5.41, 5.74) is 0.583. The number of hydrogen-bond donors (Lipinski definition) is 0. The molecule has 0 aliphatic rings. The molecule has 0 N–H and O–H groups in total. The second-order valence-electron chi connectivity index (χ2n) is 10.3. The van der Waals surface area contributed by atoms with Gasteiger partial charge in [-0.1, -0.05) is 110 Å². The number of aryl methyl sites for hydroxylation is 1. The molecular formula is C33H48F2O3. The monoisotopic (exact) mass is 530 g/mol. The third kappa shape index (κ3) is 12.4. The van der Waals surface area contributed by atoms with Gasteiger partial charge in [0.2, 0.25) is 5.82 Å². The quantitative estimate of drug-likeness (QED) is 0.0915. The summed E-state index contributed by atoms with van der Waals surface area (Å²) >= 11 is 0. The predicted molar refractivity (Wildman–Crippen MR) is 152 cm³/mol. The van der Waals surface area contributed by atoms with E-state index in [-0.39, 0.29) is 11.3 Å². The van der Waals surface area contributed by atoms with Gasteiger partial charge in [0, 0.05) is 0 Å². The lowest BCUT2D eigenvalue weighted by molar-refractivity contribution is 0.0726. The Morgan fingerprint density at radius 3 is 1.74 bits per heavy atom. The molecule has 5 heteroatoms. The Kier molecular flexibility index (Phi) is 16.4. The number of esters is 1.